The van der Waals surface area contributed by atoms with Gasteiger partial charge in [-0.3, -0.25) is 4.68 Å². The van der Waals surface area contributed by atoms with Gasteiger partial charge in [0.2, 0.25) is 0 Å². The molecule has 1 aliphatic heterocycles. The molecule has 0 spiro atoms. The summed E-state index contributed by atoms with van der Waals surface area (Å²) in [6, 6.07) is 0.801. The van der Waals surface area contributed by atoms with E-state index in [1.54, 1.807) is 0 Å². The molecule has 2 N–H and O–H groups in total. The molecular formula is C24H31F3N6O3S. The van der Waals surface area contributed by atoms with Gasteiger partial charge < -0.3 is 10.2 Å². The topological polar surface area (TPSA) is 99.6 Å². The molecule has 2 aromatic rings. The van der Waals surface area contributed by atoms with E-state index in [0.29, 0.717) is 36.3 Å². The minimum atomic E-state index is -4.51. The number of piperidine rings is 1. The number of aryl methyl sites for hydroxylation is 2. The Morgan fingerprint density at radius 2 is 1.73 bits per heavy atom. The number of nitrogens with zero attached hydrogens (tertiary/aromatic N) is 4. The summed E-state index contributed by atoms with van der Waals surface area (Å²) in [5.74, 6) is 0. The zero-order chi connectivity index (χ0) is 26.4. The number of carbonyl (C=O) groups excluding carboxylic acids is 1. The van der Waals surface area contributed by atoms with Crippen molar-refractivity contribution < 1.29 is 26.4 Å². The maximum absolute atomic E-state index is 13.6. The van der Waals surface area contributed by atoms with Gasteiger partial charge in [-0.25, -0.2) is 13.8 Å². The molecule has 1 aromatic carbocycles. The Kier molecular flexibility index (Phi) is 6.86. The van der Waals surface area contributed by atoms with Crippen LogP contribution < -0.4 is 14.3 Å². The number of hydrogen-bond acceptors (Lipinski definition) is 5. The van der Waals surface area contributed by atoms with Gasteiger partial charge in [0.15, 0.2) is 0 Å². The number of hydrogen-bond donors (Lipinski definition) is 2. The number of urea groups is 1. The fourth-order valence-corrected chi connectivity index (χ4v) is 7.14. The highest BCUT2D eigenvalue weighted by molar-refractivity contribution is 7.91. The number of anilines is 2. The Labute approximate surface area is 214 Å². The minimum Gasteiger partial charge on any atom is -0.307 e. The van der Waals surface area contributed by atoms with E-state index in [1.807, 2.05) is 11.9 Å². The molecule has 1 fully saturated rings. The summed E-state index contributed by atoms with van der Waals surface area (Å²) >= 11 is 0. The maximum atomic E-state index is 13.6. The summed E-state index contributed by atoms with van der Waals surface area (Å²) < 4.78 is 69.6. The number of rotatable bonds is 6. The summed E-state index contributed by atoms with van der Waals surface area (Å²) in [7, 11) is -2.54. The van der Waals surface area contributed by atoms with Gasteiger partial charge in [0.05, 0.1) is 11.9 Å². The average molecular weight is 541 g/mol. The van der Waals surface area contributed by atoms with Crippen LogP contribution in [0.25, 0.3) is 0 Å². The molecule has 0 atom stereocenters. The third-order valence-corrected chi connectivity index (χ3v) is 8.90. The van der Waals surface area contributed by atoms with Crippen molar-refractivity contribution in [3.63, 3.8) is 0 Å². The first-order valence-electron chi connectivity index (χ1n) is 12.6. The number of amides is 2. The van der Waals surface area contributed by atoms with Crippen molar-refractivity contribution in [3.05, 3.63) is 40.7 Å². The van der Waals surface area contributed by atoms with E-state index in [2.05, 4.69) is 21.2 Å². The molecule has 0 radical (unpaired) electrons. The molecule has 2 aliphatic carbocycles. The van der Waals surface area contributed by atoms with Crippen molar-refractivity contribution in [2.24, 2.45) is 0 Å². The van der Waals surface area contributed by atoms with E-state index in [-0.39, 0.29) is 5.69 Å². The first-order chi connectivity index (χ1) is 17.5. The van der Waals surface area contributed by atoms with Crippen LogP contribution in [0.4, 0.5) is 29.3 Å². The summed E-state index contributed by atoms with van der Waals surface area (Å²) in [5, 5.41) is 6.54. The third-order valence-electron chi connectivity index (χ3n) is 7.43. The summed E-state index contributed by atoms with van der Waals surface area (Å²) in [6.45, 7) is -0.115. The lowest BCUT2D eigenvalue weighted by molar-refractivity contribution is -0.142. The fraction of sp³-hybridized carbons (Fsp3) is 0.583. The van der Waals surface area contributed by atoms with Gasteiger partial charge in [0, 0.05) is 17.9 Å². The number of halogens is 3. The van der Waals surface area contributed by atoms with Gasteiger partial charge in [-0.05, 0) is 93.8 Å². The first-order valence-corrected chi connectivity index (χ1v) is 14.0. The van der Waals surface area contributed by atoms with Crippen molar-refractivity contribution in [3.8, 4) is 0 Å². The number of carbonyl (C=O) groups is 1. The van der Waals surface area contributed by atoms with Crippen LogP contribution in [0, 0.1) is 0 Å². The predicted molar refractivity (Wildman–Crippen MR) is 133 cm³/mol. The fourth-order valence-electron chi connectivity index (χ4n) is 5.78. The molecule has 0 saturated carbocycles. The molecule has 9 nitrogen and oxygen atoms in total. The molecule has 0 unspecified atom stereocenters. The lowest BCUT2D eigenvalue weighted by Gasteiger charge is -2.36. The van der Waals surface area contributed by atoms with Crippen molar-refractivity contribution in [2.45, 2.75) is 70.1 Å². The monoisotopic (exact) mass is 540 g/mol. The van der Waals surface area contributed by atoms with Gasteiger partial charge >= 0.3 is 22.4 Å². The van der Waals surface area contributed by atoms with Gasteiger partial charge in [-0.15, -0.1) is 0 Å². The quantitative estimate of drug-likeness (QED) is 0.585. The SMILES string of the molecule is CN1CCC(N(c2cnn(CC(F)(F)F)c2)S(=O)(=O)NC(=O)Nc2c3c(cc4c2CCC4)CCC3)CC1. The highest BCUT2D eigenvalue weighted by atomic mass is 32.2. The van der Waals surface area contributed by atoms with Crippen LogP contribution in [0.2, 0.25) is 0 Å². The van der Waals surface area contributed by atoms with Crippen LogP contribution in [-0.2, 0) is 42.4 Å². The molecule has 0 bridgehead atoms. The second-order valence-electron chi connectivity index (χ2n) is 10.1. The largest absolute Gasteiger partial charge is 0.408 e. The smallest absolute Gasteiger partial charge is 0.307 e. The molecule has 3 aliphatic rings. The molecule has 2 heterocycles. The number of fused-ring (bicyclic) bond motifs is 2. The van der Waals surface area contributed by atoms with Crippen LogP contribution in [0.3, 0.4) is 0 Å². The zero-order valence-electron chi connectivity index (χ0n) is 20.6. The minimum absolute atomic E-state index is 0.0133. The number of benzene rings is 1. The second kappa shape index (κ2) is 9.82. The van der Waals surface area contributed by atoms with Crippen molar-refractivity contribution >= 4 is 27.6 Å². The van der Waals surface area contributed by atoms with E-state index in [0.717, 1.165) is 66.4 Å². The number of aromatic nitrogens is 2. The van der Waals surface area contributed by atoms with Gasteiger partial charge in [0.1, 0.15) is 6.54 Å². The van der Waals surface area contributed by atoms with Gasteiger partial charge in [-0.2, -0.15) is 26.7 Å². The number of likely N-dealkylation sites (tertiary alicyclic amines) is 1. The molecule has 13 heteroatoms. The average Bonchev–Trinajstić information content (AvgIpc) is 3.54. The van der Waals surface area contributed by atoms with Crippen LogP contribution >= 0.6 is 0 Å². The molecule has 5 rings (SSSR count). The van der Waals surface area contributed by atoms with Crippen LogP contribution in [-0.4, -0.2) is 61.5 Å². The van der Waals surface area contributed by atoms with Crippen molar-refractivity contribution in [2.75, 3.05) is 29.8 Å². The Bertz CT molecular complexity index is 1250. The maximum Gasteiger partial charge on any atom is 0.408 e. The van der Waals surface area contributed by atoms with E-state index in [9.17, 15) is 26.4 Å². The standard InChI is InChI=1S/C24H31F3N6O3S/c1-31-10-8-18(9-11-31)33(19-13-28-32(14-19)15-24(25,26)27)37(35,36)30-23(34)29-22-20-6-2-4-16(20)12-17-5-3-7-21(17)22/h12-14,18H,2-11,15H2,1H3,(H2,29,30,34). The lowest BCUT2D eigenvalue weighted by atomic mass is 9.99. The lowest BCUT2D eigenvalue weighted by Crippen LogP contribution is -2.52. The summed E-state index contributed by atoms with van der Waals surface area (Å²) in [4.78, 5) is 15.1. The molecule has 202 valence electrons. The Morgan fingerprint density at radius 3 is 2.32 bits per heavy atom. The normalized spacial score (nSPS) is 18.5. The third kappa shape index (κ3) is 5.57. The Morgan fingerprint density at radius 1 is 1.11 bits per heavy atom. The van der Waals surface area contributed by atoms with E-state index >= 15 is 0 Å². The molecular weight excluding hydrogens is 509 g/mol. The van der Waals surface area contributed by atoms with Gasteiger partial charge in [-0.1, -0.05) is 6.07 Å². The Hall–Kier alpha value is -2.80. The van der Waals surface area contributed by atoms with E-state index < -0.39 is 35.0 Å². The van der Waals surface area contributed by atoms with Crippen LogP contribution in [0.1, 0.15) is 47.9 Å². The van der Waals surface area contributed by atoms with Gasteiger partial charge in [0.25, 0.3) is 0 Å². The molecule has 2 amide bonds. The van der Waals surface area contributed by atoms with Crippen LogP contribution in [0.15, 0.2) is 18.5 Å². The number of nitrogens with one attached hydrogen (secondary N) is 2. The van der Waals surface area contributed by atoms with Crippen LogP contribution in [0.5, 0.6) is 0 Å². The molecule has 1 saturated heterocycles. The zero-order valence-corrected chi connectivity index (χ0v) is 21.5. The van der Waals surface area contributed by atoms with Crippen molar-refractivity contribution in [1.29, 1.82) is 0 Å². The van der Waals surface area contributed by atoms with E-state index in [1.165, 1.54) is 11.1 Å². The van der Waals surface area contributed by atoms with Crippen molar-refractivity contribution in [1.82, 2.24) is 19.4 Å². The Balaban J connectivity index is 1.40. The highest BCUT2D eigenvalue weighted by Gasteiger charge is 2.36. The predicted octanol–water partition coefficient (Wildman–Crippen LogP) is 3.39. The number of alkyl halides is 3. The molecule has 37 heavy (non-hydrogen) atoms. The van der Waals surface area contributed by atoms with E-state index in [4.69, 9.17) is 0 Å². The summed E-state index contributed by atoms with van der Waals surface area (Å²) in [5.41, 5.74) is 5.22. The first kappa shape index (κ1) is 25.8. The summed E-state index contributed by atoms with van der Waals surface area (Å²) in [6.07, 6.45) is 4.05. The highest BCUT2D eigenvalue weighted by Crippen LogP contribution is 2.38. The molecule has 1 aromatic heterocycles. The second-order valence-corrected chi connectivity index (χ2v) is 11.7.